The average Bonchev–Trinajstić information content (AvgIpc) is 2.44. The Hall–Kier alpha value is -0.940. The Morgan fingerprint density at radius 3 is 2.60 bits per heavy atom. The number of nitrogens with zero attached hydrogens (tertiary/aromatic N) is 2. The van der Waals surface area contributed by atoms with Crippen LogP contribution in [-0.2, 0) is 6.42 Å². The molecular formula is C16H28N4. The van der Waals surface area contributed by atoms with Crippen molar-refractivity contribution in [3.8, 4) is 0 Å². The van der Waals surface area contributed by atoms with Gasteiger partial charge in [0.25, 0.3) is 0 Å². The summed E-state index contributed by atoms with van der Waals surface area (Å²) < 4.78 is 0. The highest BCUT2D eigenvalue weighted by Crippen LogP contribution is 2.15. The molecule has 1 fully saturated rings. The number of benzene rings is 1. The molecule has 112 valence electrons. The smallest absolute Gasteiger partial charge is 0.0266 e. The fourth-order valence-electron chi connectivity index (χ4n) is 2.90. The molecule has 4 nitrogen and oxygen atoms in total. The van der Waals surface area contributed by atoms with Crippen molar-refractivity contribution in [2.75, 3.05) is 33.7 Å². The van der Waals surface area contributed by atoms with E-state index in [0.29, 0.717) is 12.1 Å². The molecule has 0 radical (unpaired) electrons. The van der Waals surface area contributed by atoms with Crippen molar-refractivity contribution in [3.05, 3.63) is 35.4 Å². The number of rotatable bonds is 5. The third-order valence-corrected chi connectivity index (χ3v) is 4.38. The van der Waals surface area contributed by atoms with Gasteiger partial charge < -0.3 is 9.80 Å². The van der Waals surface area contributed by atoms with Gasteiger partial charge >= 0.3 is 0 Å². The van der Waals surface area contributed by atoms with E-state index in [1.807, 2.05) is 0 Å². The first-order valence-electron chi connectivity index (χ1n) is 7.49. The zero-order valence-corrected chi connectivity index (χ0v) is 13.0. The molecule has 0 aliphatic carbocycles. The minimum Gasteiger partial charge on any atom is -0.304 e. The van der Waals surface area contributed by atoms with E-state index in [0.717, 1.165) is 32.5 Å². The molecule has 1 aliphatic rings. The standard InChI is InChI=1S/C16H28N4/c1-13-4-6-14(7-5-13)10-15(18-17)11-16-12-19(2)8-9-20(16)3/h4-7,15-16,18H,8-12,17H2,1-3H3. The Balaban J connectivity index is 1.92. The molecule has 1 aliphatic heterocycles. The summed E-state index contributed by atoms with van der Waals surface area (Å²) in [4.78, 5) is 4.86. The topological polar surface area (TPSA) is 44.5 Å². The number of nitrogens with two attached hydrogens (primary N) is 1. The van der Waals surface area contributed by atoms with Crippen LogP contribution in [0, 0.1) is 6.92 Å². The zero-order valence-electron chi connectivity index (χ0n) is 13.0. The third kappa shape index (κ3) is 4.28. The summed E-state index contributed by atoms with van der Waals surface area (Å²) in [6, 6.07) is 9.66. The summed E-state index contributed by atoms with van der Waals surface area (Å²) in [6.07, 6.45) is 2.08. The zero-order chi connectivity index (χ0) is 14.5. The monoisotopic (exact) mass is 276 g/mol. The lowest BCUT2D eigenvalue weighted by molar-refractivity contribution is 0.101. The number of aryl methyl sites for hydroxylation is 1. The van der Waals surface area contributed by atoms with Gasteiger partial charge in [0, 0.05) is 31.7 Å². The summed E-state index contributed by atoms with van der Waals surface area (Å²) >= 11 is 0. The molecule has 2 rings (SSSR count). The van der Waals surface area contributed by atoms with Crippen LogP contribution in [0.25, 0.3) is 0 Å². The first-order valence-corrected chi connectivity index (χ1v) is 7.49. The van der Waals surface area contributed by atoms with Crippen LogP contribution in [0.5, 0.6) is 0 Å². The van der Waals surface area contributed by atoms with Crippen LogP contribution < -0.4 is 11.3 Å². The molecule has 1 heterocycles. The van der Waals surface area contributed by atoms with Crippen molar-refractivity contribution >= 4 is 0 Å². The van der Waals surface area contributed by atoms with Gasteiger partial charge in [0.05, 0.1) is 0 Å². The van der Waals surface area contributed by atoms with Crippen molar-refractivity contribution in [3.63, 3.8) is 0 Å². The summed E-state index contributed by atoms with van der Waals surface area (Å²) in [7, 11) is 4.42. The number of likely N-dealkylation sites (N-methyl/N-ethyl adjacent to an activating group) is 2. The SMILES string of the molecule is Cc1ccc(CC(CC2CN(C)CCN2C)NN)cc1. The number of hydrazine groups is 1. The first kappa shape index (κ1) is 15.4. The minimum atomic E-state index is 0.330. The Kier molecular flexibility index (Phi) is 5.54. The quantitative estimate of drug-likeness (QED) is 0.622. The molecule has 2 unspecified atom stereocenters. The summed E-state index contributed by atoms with van der Waals surface area (Å²) in [5, 5.41) is 0. The molecule has 3 N–H and O–H groups in total. The van der Waals surface area contributed by atoms with E-state index in [1.165, 1.54) is 11.1 Å². The predicted molar refractivity (Wildman–Crippen MR) is 84.5 cm³/mol. The van der Waals surface area contributed by atoms with Gasteiger partial charge in [-0.1, -0.05) is 29.8 Å². The van der Waals surface area contributed by atoms with E-state index in [2.05, 4.69) is 60.5 Å². The van der Waals surface area contributed by atoms with Crippen molar-refractivity contribution in [2.24, 2.45) is 5.84 Å². The highest BCUT2D eigenvalue weighted by molar-refractivity contribution is 5.22. The molecule has 4 heteroatoms. The van der Waals surface area contributed by atoms with Crippen LogP contribution in [0.4, 0.5) is 0 Å². The summed E-state index contributed by atoms with van der Waals surface area (Å²) in [5.74, 6) is 5.77. The maximum Gasteiger partial charge on any atom is 0.0266 e. The van der Waals surface area contributed by atoms with Crippen molar-refractivity contribution < 1.29 is 0 Å². The fourth-order valence-corrected chi connectivity index (χ4v) is 2.90. The van der Waals surface area contributed by atoms with E-state index in [1.54, 1.807) is 0 Å². The second-order valence-electron chi connectivity index (χ2n) is 6.19. The number of hydrogen-bond donors (Lipinski definition) is 2. The van der Waals surface area contributed by atoms with Crippen LogP contribution in [0.1, 0.15) is 17.5 Å². The Labute approximate surface area is 122 Å². The lowest BCUT2D eigenvalue weighted by atomic mass is 9.97. The van der Waals surface area contributed by atoms with E-state index >= 15 is 0 Å². The molecular weight excluding hydrogens is 248 g/mol. The predicted octanol–water partition coefficient (Wildman–Crippen LogP) is 1.01. The Morgan fingerprint density at radius 2 is 1.95 bits per heavy atom. The lowest BCUT2D eigenvalue weighted by Gasteiger charge is -2.39. The molecule has 1 saturated heterocycles. The number of hydrogen-bond acceptors (Lipinski definition) is 4. The Bertz CT molecular complexity index is 403. The van der Waals surface area contributed by atoms with E-state index < -0.39 is 0 Å². The normalized spacial score (nSPS) is 22.9. The lowest BCUT2D eigenvalue weighted by Crippen LogP contribution is -2.53. The largest absolute Gasteiger partial charge is 0.304 e. The van der Waals surface area contributed by atoms with Gasteiger partial charge in [-0.25, -0.2) is 0 Å². The molecule has 20 heavy (non-hydrogen) atoms. The van der Waals surface area contributed by atoms with Crippen molar-refractivity contribution in [1.82, 2.24) is 15.2 Å². The number of nitrogens with one attached hydrogen (secondary N) is 1. The van der Waals surface area contributed by atoms with Gasteiger partial charge in [-0.05, 0) is 39.4 Å². The van der Waals surface area contributed by atoms with Crippen molar-refractivity contribution in [1.29, 1.82) is 0 Å². The van der Waals surface area contributed by atoms with E-state index in [4.69, 9.17) is 5.84 Å². The van der Waals surface area contributed by atoms with Crippen LogP contribution in [0.2, 0.25) is 0 Å². The van der Waals surface area contributed by atoms with Crippen LogP contribution in [0.3, 0.4) is 0 Å². The molecule has 0 aromatic heterocycles. The third-order valence-electron chi connectivity index (χ3n) is 4.38. The molecule has 0 amide bonds. The van der Waals surface area contributed by atoms with Gasteiger partial charge in [-0.2, -0.15) is 0 Å². The molecule has 1 aromatic carbocycles. The Morgan fingerprint density at radius 1 is 1.25 bits per heavy atom. The minimum absolute atomic E-state index is 0.330. The van der Waals surface area contributed by atoms with Gasteiger partial charge in [0.2, 0.25) is 0 Å². The molecule has 0 bridgehead atoms. The van der Waals surface area contributed by atoms with Gasteiger partial charge in [-0.15, -0.1) is 0 Å². The van der Waals surface area contributed by atoms with Crippen LogP contribution in [-0.4, -0.2) is 55.6 Å². The van der Waals surface area contributed by atoms with Gasteiger partial charge in [-0.3, -0.25) is 11.3 Å². The summed E-state index contributed by atoms with van der Waals surface area (Å²) in [5.41, 5.74) is 5.66. The van der Waals surface area contributed by atoms with E-state index in [9.17, 15) is 0 Å². The second kappa shape index (κ2) is 7.18. The van der Waals surface area contributed by atoms with Crippen LogP contribution >= 0.6 is 0 Å². The average molecular weight is 276 g/mol. The maximum atomic E-state index is 5.77. The van der Waals surface area contributed by atoms with Gasteiger partial charge in [0.15, 0.2) is 0 Å². The fraction of sp³-hybridized carbons (Fsp3) is 0.625. The molecule has 2 atom stereocenters. The van der Waals surface area contributed by atoms with Crippen LogP contribution in [0.15, 0.2) is 24.3 Å². The van der Waals surface area contributed by atoms with Crippen molar-refractivity contribution in [2.45, 2.75) is 31.8 Å². The van der Waals surface area contributed by atoms with E-state index in [-0.39, 0.29) is 0 Å². The second-order valence-corrected chi connectivity index (χ2v) is 6.19. The summed E-state index contributed by atoms with van der Waals surface area (Å²) in [6.45, 7) is 5.55. The number of piperazine rings is 1. The highest BCUT2D eigenvalue weighted by Gasteiger charge is 2.24. The molecule has 0 spiro atoms. The molecule has 0 saturated carbocycles. The maximum absolute atomic E-state index is 5.77. The molecule has 1 aromatic rings. The first-order chi connectivity index (χ1) is 9.58. The highest BCUT2D eigenvalue weighted by atomic mass is 15.3. The van der Waals surface area contributed by atoms with Gasteiger partial charge in [0.1, 0.15) is 0 Å².